The van der Waals surface area contributed by atoms with Crippen LogP contribution in [0.4, 0.5) is 0 Å². The summed E-state index contributed by atoms with van der Waals surface area (Å²) in [7, 11) is 1.66. The van der Waals surface area contributed by atoms with E-state index in [1.165, 1.54) is 0 Å². The summed E-state index contributed by atoms with van der Waals surface area (Å²) in [5.74, 6) is 1.73. The number of benzene rings is 1. The van der Waals surface area contributed by atoms with E-state index in [2.05, 4.69) is 10.3 Å². The Morgan fingerprint density at radius 1 is 1.20 bits per heavy atom. The highest BCUT2D eigenvalue weighted by atomic mass is 35.5. The van der Waals surface area contributed by atoms with Crippen LogP contribution in [0.25, 0.3) is 10.9 Å². The molecule has 2 heterocycles. The summed E-state index contributed by atoms with van der Waals surface area (Å²) in [5, 5.41) is 4.39. The molecule has 20 heavy (non-hydrogen) atoms. The fourth-order valence-electron chi connectivity index (χ4n) is 2.42. The number of pyridine rings is 1. The predicted octanol–water partition coefficient (Wildman–Crippen LogP) is 2.80. The molecule has 3 rings (SSSR count). The van der Waals surface area contributed by atoms with Crippen molar-refractivity contribution in [3.05, 3.63) is 30.5 Å². The Balaban J connectivity index is 0.00000147. The van der Waals surface area contributed by atoms with E-state index in [0.29, 0.717) is 6.10 Å². The van der Waals surface area contributed by atoms with Gasteiger partial charge in [0.05, 0.1) is 12.6 Å². The summed E-state index contributed by atoms with van der Waals surface area (Å²) in [6.45, 7) is 2.06. The number of rotatable bonds is 3. The third-order valence-electron chi connectivity index (χ3n) is 3.49. The van der Waals surface area contributed by atoms with E-state index >= 15 is 0 Å². The van der Waals surface area contributed by atoms with Gasteiger partial charge in [0.15, 0.2) is 0 Å². The topological polar surface area (TPSA) is 43.4 Å². The molecule has 4 nitrogen and oxygen atoms in total. The predicted molar refractivity (Wildman–Crippen MR) is 82.1 cm³/mol. The number of hydrogen-bond donors (Lipinski definition) is 1. The first-order valence-electron chi connectivity index (χ1n) is 6.67. The van der Waals surface area contributed by atoms with Crippen molar-refractivity contribution in [2.75, 3.05) is 20.2 Å². The van der Waals surface area contributed by atoms with Gasteiger partial charge in [-0.2, -0.15) is 0 Å². The average molecular weight is 295 g/mol. The molecule has 0 bridgehead atoms. The number of hydrogen-bond acceptors (Lipinski definition) is 4. The summed E-state index contributed by atoms with van der Waals surface area (Å²) in [5.41, 5.74) is 0.908. The van der Waals surface area contributed by atoms with Crippen LogP contribution >= 0.6 is 12.4 Å². The molecule has 1 fully saturated rings. The van der Waals surface area contributed by atoms with E-state index in [1.54, 1.807) is 13.3 Å². The Bertz CT molecular complexity index is 571. The second kappa shape index (κ2) is 6.77. The zero-order chi connectivity index (χ0) is 13.1. The fourth-order valence-corrected chi connectivity index (χ4v) is 2.42. The second-order valence-corrected chi connectivity index (χ2v) is 4.76. The van der Waals surface area contributed by atoms with E-state index in [-0.39, 0.29) is 12.4 Å². The van der Waals surface area contributed by atoms with Crippen molar-refractivity contribution in [1.29, 1.82) is 0 Å². The van der Waals surface area contributed by atoms with Crippen molar-refractivity contribution in [3.8, 4) is 11.5 Å². The van der Waals surface area contributed by atoms with Crippen LogP contribution in [0.2, 0.25) is 0 Å². The molecule has 108 valence electrons. The lowest BCUT2D eigenvalue weighted by Crippen LogP contribution is -2.34. The van der Waals surface area contributed by atoms with Crippen molar-refractivity contribution >= 4 is 23.3 Å². The maximum Gasteiger partial charge on any atom is 0.130 e. The summed E-state index contributed by atoms with van der Waals surface area (Å²) < 4.78 is 11.3. The first kappa shape index (κ1) is 14.9. The number of methoxy groups -OCH3 is 1. The molecule has 0 aliphatic carbocycles. The average Bonchev–Trinajstić information content (AvgIpc) is 2.48. The highest BCUT2D eigenvalue weighted by Gasteiger charge is 2.15. The van der Waals surface area contributed by atoms with Crippen LogP contribution in [0, 0.1) is 0 Å². The van der Waals surface area contributed by atoms with Gasteiger partial charge in [0.2, 0.25) is 0 Å². The van der Waals surface area contributed by atoms with Crippen molar-refractivity contribution in [2.45, 2.75) is 18.9 Å². The van der Waals surface area contributed by atoms with Crippen LogP contribution < -0.4 is 14.8 Å². The Kier molecular flexibility index (Phi) is 5.04. The van der Waals surface area contributed by atoms with Crippen molar-refractivity contribution in [2.24, 2.45) is 0 Å². The maximum absolute atomic E-state index is 6.12. The molecular formula is C15H19ClN2O2. The molecule has 0 atom stereocenters. The second-order valence-electron chi connectivity index (χ2n) is 4.76. The van der Waals surface area contributed by atoms with Gasteiger partial charge in [-0.15, -0.1) is 12.4 Å². The van der Waals surface area contributed by atoms with E-state index in [4.69, 9.17) is 9.47 Å². The van der Waals surface area contributed by atoms with Crippen LogP contribution in [-0.4, -0.2) is 31.3 Å². The number of aromatic nitrogens is 1. The van der Waals surface area contributed by atoms with Gasteiger partial charge in [0.1, 0.15) is 17.6 Å². The molecule has 5 heteroatoms. The first-order valence-corrected chi connectivity index (χ1v) is 6.67. The molecule has 1 aliphatic rings. The Morgan fingerprint density at radius 3 is 2.75 bits per heavy atom. The zero-order valence-corrected chi connectivity index (χ0v) is 12.3. The molecular weight excluding hydrogens is 276 g/mol. The van der Waals surface area contributed by atoms with Gasteiger partial charge in [-0.05, 0) is 44.1 Å². The maximum atomic E-state index is 6.12. The molecule has 2 aromatic rings. The Morgan fingerprint density at radius 2 is 2.00 bits per heavy atom. The van der Waals surface area contributed by atoms with Crippen molar-refractivity contribution in [1.82, 2.24) is 10.3 Å². The number of fused-ring (bicyclic) bond motifs is 1. The number of nitrogens with zero attached hydrogens (tertiary/aromatic N) is 1. The molecule has 0 spiro atoms. The summed E-state index contributed by atoms with van der Waals surface area (Å²) in [6, 6.07) is 7.83. The molecule has 1 aromatic heterocycles. The molecule has 1 aliphatic heterocycles. The normalized spacial score (nSPS) is 15.7. The highest BCUT2D eigenvalue weighted by Crippen LogP contribution is 2.28. The summed E-state index contributed by atoms with van der Waals surface area (Å²) in [6.07, 6.45) is 4.20. The van der Waals surface area contributed by atoms with Crippen LogP contribution in [-0.2, 0) is 0 Å². The number of nitrogens with one attached hydrogen (secondary N) is 1. The number of halogens is 1. The minimum atomic E-state index is 0. The minimum absolute atomic E-state index is 0. The lowest BCUT2D eigenvalue weighted by molar-refractivity contribution is 0.164. The molecule has 0 unspecified atom stereocenters. The van der Waals surface area contributed by atoms with E-state index in [0.717, 1.165) is 48.3 Å². The fraction of sp³-hybridized carbons (Fsp3) is 0.400. The lowest BCUT2D eigenvalue weighted by atomic mass is 10.1. The smallest absolute Gasteiger partial charge is 0.130 e. The first-order chi connectivity index (χ1) is 9.36. The van der Waals surface area contributed by atoms with Gasteiger partial charge < -0.3 is 14.8 Å². The van der Waals surface area contributed by atoms with Crippen LogP contribution in [0.3, 0.4) is 0 Å². The van der Waals surface area contributed by atoms with E-state index in [1.807, 2.05) is 24.3 Å². The van der Waals surface area contributed by atoms with Crippen molar-refractivity contribution in [3.63, 3.8) is 0 Å². The molecule has 1 aromatic carbocycles. The molecule has 1 saturated heterocycles. The number of ether oxygens (including phenoxy) is 2. The quantitative estimate of drug-likeness (QED) is 0.945. The Hall–Kier alpha value is -1.52. The molecule has 0 amide bonds. The standard InChI is InChI=1S/C15H18N2O2.ClH/c1-18-12-2-3-13-14(10-12)17-9-6-15(13)19-11-4-7-16-8-5-11;/h2-3,6,9-11,16H,4-5,7-8H2,1H3;1H. The van der Waals surface area contributed by atoms with Gasteiger partial charge in [-0.25, -0.2) is 0 Å². The number of piperidine rings is 1. The van der Waals surface area contributed by atoms with Gasteiger partial charge in [-0.1, -0.05) is 0 Å². The molecule has 0 radical (unpaired) electrons. The molecule has 1 N–H and O–H groups in total. The Labute approximate surface area is 124 Å². The van der Waals surface area contributed by atoms with Crippen LogP contribution in [0.1, 0.15) is 12.8 Å². The van der Waals surface area contributed by atoms with Gasteiger partial charge in [0, 0.05) is 17.6 Å². The van der Waals surface area contributed by atoms with Gasteiger partial charge in [-0.3, -0.25) is 4.98 Å². The third kappa shape index (κ3) is 3.14. The monoisotopic (exact) mass is 294 g/mol. The third-order valence-corrected chi connectivity index (χ3v) is 3.49. The SMILES string of the molecule is COc1ccc2c(OC3CCNCC3)ccnc2c1.Cl. The lowest BCUT2D eigenvalue weighted by Gasteiger charge is -2.24. The van der Waals surface area contributed by atoms with Crippen molar-refractivity contribution < 1.29 is 9.47 Å². The summed E-state index contributed by atoms with van der Waals surface area (Å²) >= 11 is 0. The van der Waals surface area contributed by atoms with E-state index < -0.39 is 0 Å². The molecule has 0 saturated carbocycles. The minimum Gasteiger partial charge on any atom is -0.497 e. The largest absolute Gasteiger partial charge is 0.497 e. The highest BCUT2D eigenvalue weighted by molar-refractivity contribution is 5.86. The van der Waals surface area contributed by atoms with E-state index in [9.17, 15) is 0 Å². The van der Waals surface area contributed by atoms with Crippen LogP contribution in [0.15, 0.2) is 30.5 Å². The van der Waals surface area contributed by atoms with Gasteiger partial charge in [0.25, 0.3) is 0 Å². The zero-order valence-electron chi connectivity index (χ0n) is 11.5. The van der Waals surface area contributed by atoms with Gasteiger partial charge >= 0.3 is 0 Å². The van der Waals surface area contributed by atoms with Crippen LogP contribution in [0.5, 0.6) is 11.5 Å². The summed E-state index contributed by atoms with van der Waals surface area (Å²) in [4.78, 5) is 4.37.